The summed E-state index contributed by atoms with van der Waals surface area (Å²) in [5.74, 6) is 0.877. The van der Waals surface area contributed by atoms with Crippen molar-refractivity contribution in [1.82, 2.24) is 19.9 Å². The third kappa shape index (κ3) is 3.20. The Morgan fingerprint density at radius 3 is 2.67 bits per heavy atom. The molecular weight excluding hydrogens is 264 g/mol. The summed E-state index contributed by atoms with van der Waals surface area (Å²) in [4.78, 5) is 4.39. The molecular formula is C16H18N4O. The average Bonchev–Trinajstić information content (AvgIpc) is 2.87. The molecule has 0 saturated heterocycles. The monoisotopic (exact) mass is 282 g/mol. The highest BCUT2D eigenvalue weighted by Crippen LogP contribution is 2.11. The molecule has 3 aromatic rings. The molecule has 1 aromatic carbocycles. The van der Waals surface area contributed by atoms with Crippen molar-refractivity contribution < 1.29 is 4.74 Å². The number of hydrogen-bond acceptors (Lipinski definition) is 4. The van der Waals surface area contributed by atoms with E-state index < -0.39 is 0 Å². The molecule has 0 spiro atoms. The van der Waals surface area contributed by atoms with Crippen LogP contribution in [0.2, 0.25) is 0 Å². The highest BCUT2D eigenvalue weighted by atomic mass is 16.5. The molecule has 3 rings (SSSR count). The molecule has 5 heteroatoms. The molecule has 0 radical (unpaired) electrons. The Kier molecular flexibility index (Phi) is 3.83. The average molecular weight is 282 g/mol. The van der Waals surface area contributed by atoms with Crippen molar-refractivity contribution in [1.29, 1.82) is 0 Å². The van der Waals surface area contributed by atoms with Gasteiger partial charge in [-0.3, -0.25) is 0 Å². The van der Waals surface area contributed by atoms with Gasteiger partial charge < -0.3 is 10.1 Å². The smallest absolute Gasteiger partial charge is 0.155 e. The molecule has 1 N–H and O–H groups in total. The second kappa shape index (κ2) is 5.93. The van der Waals surface area contributed by atoms with Crippen LogP contribution in [0.3, 0.4) is 0 Å². The van der Waals surface area contributed by atoms with E-state index in [-0.39, 0.29) is 0 Å². The lowest BCUT2D eigenvalue weighted by molar-refractivity contribution is 0.414. The molecule has 0 bridgehead atoms. The first-order valence-corrected chi connectivity index (χ1v) is 6.89. The van der Waals surface area contributed by atoms with Crippen LogP contribution < -0.4 is 10.1 Å². The molecule has 21 heavy (non-hydrogen) atoms. The summed E-state index contributed by atoms with van der Waals surface area (Å²) in [6, 6.07) is 10.0. The van der Waals surface area contributed by atoms with Crippen LogP contribution in [-0.2, 0) is 13.1 Å². The molecule has 0 fully saturated rings. The Bertz CT molecular complexity index is 734. The summed E-state index contributed by atoms with van der Waals surface area (Å²) in [7, 11) is 1.67. The Balaban J connectivity index is 1.60. The minimum absolute atomic E-state index is 0.758. The molecule has 0 amide bonds. The zero-order chi connectivity index (χ0) is 14.7. The lowest BCUT2D eigenvalue weighted by atomic mass is 10.2. The van der Waals surface area contributed by atoms with E-state index in [1.165, 1.54) is 5.56 Å². The number of fused-ring (bicyclic) bond motifs is 1. The van der Waals surface area contributed by atoms with Crippen molar-refractivity contribution >= 4 is 5.65 Å². The standard InChI is InChI=1S/C16H18N4O/c1-12-7-16-18-10-14(11-20(16)19-12)9-17-8-13-3-5-15(21-2)6-4-13/h3-7,10-11,17H,8-9H2,1-2H3. The van der Waals surface area contributed by atoms with Crippen molar-refractivity contribution in [2.24, 2.45) is 0 Å². The fourth-order valence-electron chi connectivity index (χ4n) is 2.22. The number of benzene rings is 1. The molecule has 0 unspecified atom stereocenters. The van der Waals surface area contributed by atoms with Gasteiger partial charge >= 0.3 is 0 Å². The van der Waals surface area contributed by atoms with Gasteiger partial charge in [-0.2, -0.15) is 5.10 Å². The van der Waals surface area contributed by atoms with E-state index in [1.807, 2.05) is 42.0 Å². The minimum atomic E-state index is 0.758. The van der Waals surface area contributed by atoms with Crippen molar-refractivity contribution in [3.05, 3.63) is 59.5 Å². The van der Waals surface area contributed by atoms with Crippen LogP contribution in [0.5, 0.6) is 5.75 Å². The van der Waals surface area contributed by atoms with E-state index >= 15 is 0 Å². The van der Waals surface area contributed by atoms with Gasteiger partial charge in [-0.15, -0.1) is 0 Å². The zero-order valence-electron chi connectivity index (χ0n) is 12.2. The molecule has 0 aliphatic heterocycles. The number of ether oxygens (including phenoxy) is 1. The number of nitrogens with zero attached hydrogens (tertiary/aromatic N) is 3. The largest absolute Gasteiger partial charge is 0.497 e. The number of methoxy groups -OCH3 is 1. The number of hydrogen-bond donors (Lipinski definition) is 1. The fourth-order valence-corrected chi connectivity index (χ4v) is 2.22. The molecule has 2 aromatic heterocycles. The van der Waals surface area contributed by atoms with E-state index in [0.717, 1.165) is 35.7 Å². The topological polar surface area (TPSA) is 51.5 Å². The Morgan fingerprint density at radius 2 is 1.90 bits per heavy atom. The van der Waals surface area contributed by atoms with E-state index in [4.69, 9.17) is 4.74 Å². The van der Waals surface area contributed by atoms with Crippen molar-refractivity contribution in [3.8, 4) is 5.75 Å². The molecule has 0 saturated carbocycles. The first-order chi connectivity index (χ1) is 10.2. The van der Waals surface area contributed by atoms with Gasteiger partial charge in [0, 0.05) is 37.1 Å². The predicted octanol–water partition coefficient (Wildman–Crippen LogP) is 2.34. The summed E-state index contributed by atoms with van der Waals surface area (Å²) < 4.78 is 6.97. The van der Waals surface area contributed by atoms with Crippen LogP contribution in [0.1, 0.15) is 16.8 Å². The van der Waals surface area contributed by atoms with Crippen LogP contribution in [0.15, 0.2) is 42.7 Å². The Labute approximate surface area is 123 Å². The van der Waals surface area contributed by atoms with Gasteiger partial charge in [0.2, 0.25) is 0 Å². The third-order valence-corrected chi connectivity index (χ3v) is 3.31. The van der Waals surface area contributed by atoms with Crippen LogP contribution in [0.4, 0.5) is 0 Å². The maximum atomic E-state index is 5.15. The lowest BCUT2D eigenvalue weighted by Gasteiger charge is -2.06. The lowest BCUT2D eigenvalue weighted by Crippen LogP contribution is -2.13. The van der Waals surface area contributed by atoms with Gasteiger partial charge in [-0.1, -0.05) is 12.1 Å². The van der Waals surface area contributed by atoms with E-state index in [0.29, 0.717) is 0 Å². The fraction of sp³-hybridized carbons (Fsp3) is 0.250. The first kappa shape index (κ1) is 13.6. The van der Waals surface area contributed by atoms with Crippen LogP contribution in [0, 0.1) is 6.92 Å². The van der Waals surface area contributed by atoms with Gasteiger partial charge in [0.25, 0.3) is 0 Å². The first-order valence-electron chi connectivity index (χ1n) is 6.89. The third-order valence-electron chi connectivity index (χ3n) is 3.31. The predicted molar refractivity (Wildman–Crippen MR) is 81.3 cm³/mol. The van der Waals surface area contributed by atoms with E-state index in [1.54, 1.807) is 7.11 Å². The second-order valence-corrected chi connectivity index (χ2v) is 5.00. The van der Waals surface area contributed by atoms with Crippen LogP contribution in [0.25, 0.3) is 5.65 Å². The van der Waals surface area contributed by atoms with Gasteiger partial charge in [0.15, 0.2) is 5.65 Å². The minimum Gasteiger partial charge on any atom is -0.497 e. The molecule has 0 atom stereocenters. The summed E-state index contributed by atoms with van der Waals surface area (Å²) in [6.07, 6.45) is 3.90. The maximum Gasteiger partial charge on any atom is 0.155 e. The Hall–Kier alpha value is -2.40. The number of aromatic nitrogens is 3. The molecule has 5 nitrogen and oxygen atoms in total. The number of rotatable bonds is 5. The Morgan fingerprint density at radius 1 is 1.14 bits per heavy atom. The summed E-state index contributed by atoms with van der Waals surface area (Å²) in [6.45, 7) is 3.53. The number of nitrogens with one attached hydrogen (secondary N) is 1. The second-order valence-electron chi connectivity index (χ2n) is 5.00. The highest BCUT2D eigenvalue weighted by Gasteiger charge is 2.01. The molecule has 0 aliphatic carbocycles. The highest BCUT2D eigenvalue weighted by molar-refractivity contribution is 5.38. The van der Waals surface area contributed by atoms with Crippen LogP contribution in [-0.4, -0.2) is 21.7 Å². The zero-order valence-corrected chi connectivity index (χ0v) is 12.2. The van der Waals surface area contributed by atoms with Crippen molar-refractivity contribution in [2.75, 3.05) is 7.11 Å². The molecule has 2 heterocycles. The SMILES string of the molecule is COc1ccc(CNCc2cnc3cc(C)nn3c2)cc1. The van der Waals surface area contributed by atoms with Crippen molar-refractivity contribution in [3.63, 3.8) is 0 Å². The quantitative estimate of drug-likeness (QED) is 0.780. The van der Waals surface area contributed by atoms with Crippen molar-refractivity contribution in [2.45, 2.75) is 20.0 Å². The van der Waals surface area contributed by atoms with Gasteiger partial charge in [0.1, 0.15) is 5.75 Å². The normalized spacial score (nSPS) is 11.0. The number of aryl methyl sites for hydroxylation is 1. The van der Waals surface area contributed by atoms with E-state index in [9.17, 15) is 0 Å². The molecule has 108 valence electrons. The van der Waals surface area contributed by atoms with Gasteiger partial charge in [0.05, 0.1) is 12.8 Å². The van der Waals surface area contributed by atoms with Gasteiger partial charge in [-0.05, 0) is 24.6 Å². The maximum absolute atomic E-state index is 5.15. The van der Waals surface area contributed by atoms with Gasteiger partial charge in [-0.25, -0.2) is 9.50 Å². The summed E-state index contributed by atoms with van der Waals surface area (Å²) in [5.41, 5.74) is 4.19. The van der Waals surface area contributed by atoms with Crippen LogP contribution >= 0.6 is 0 Å². The molecule has 0 aliphatic rings. The summed E-state index contributed by atoms with van der Waals surface area (Å²) in [5, 5.41) is 7.78. The summed E-state index contributed by atoms with van der Waals surface area (Å²) >= 11 is 0. The van der Waals surface area contributed by atoms with E-state index in [2.05, 4.69) is 27.5 Å².